The molecule has 0 fully saturated rings. The van der Waals surface area contributed by atoms with E-state index >= 15 is 0 Å². The van der Waals surface area contributed by atoms with E-state index in [1.54, 1.807) is 24.3 Å². The Morgan fingerprint density at radius 2 is 1.86 bits per heavy atom. The fourth-order valence-corrected chi connectivity index (χ4v) is 2.10. The highest BCUT2D eigenvalue weighted by molar-refractivity contribution is 6.34. The molecule has 7 heteroatoms. The highest BCUT2D eigenvalue weighted by atomic mass is 35.5. The minimum absolute atomic E-state index is 0.0659. The lowest BCUT2D eigenvalue weighted by atomic mass is 10.1. The van der Waals surface area contributed by atoms with E-state index in [2.05, 4.69) is 0 Å². The minimum atomic E-state index is -0.565. The van der Waals surface area contributed by atoms with Crippen LogP contribution < -0.4 is 4.74 Å². The number of nitro benzene ring substituents is 1. The summed E-state index contributed by atoms with van der Waals surface area (Å²) in [5.41, 5.74) is 0.196. The number of carbonyl (C=O) groups excluding carboxylic acids is 1. The first kappa shape index (κ1) is 15.3. The number of halogens is 2. The third-order valence-corrected chi connectivity index (χ3v) is 3.28. The Morgan fingerprint density at radius 1 is 1.14 bits per heavy atom. The van der Waals surface area contributed by atoms with Crippen LogP contribution in [-0.2, 0) is 0 Å². The molecule has 0 radical (unpaired) electrons. The summed E-state index contributed by atoms with van der Waals surface area (Å²) in [6.07, 6.45) is 0. The molecular weight excluding hydrogens is 317 g/mol. The quantitative estimate of drug-likeness (QED) is 0.470. The molecule has 0 saturated heterocycles. The lowest BCUT2D eigenvalue weighted by molar-refractivity contribution is -0.384. The number of rotatable bonds is 5. The van der Waals surface area contributed by atoms with Gasteiger partial charge in [-0.25, -0.2) is 0 Å². The largest absolute Gasteiger partial charge is 0.484 e. The molecule has 0 aliphatic carbocycles. The number of non-ortho nitro benzene ring substituents is 1. The smallest absolute Gasteiger partial charge is 0.271 e. The fraction of sp³-hybridized carbons (Fsp3) is 0.0714. The molecule has 0 aromatic heterocycles. The first-order chi connectivity index (χ1) is 9.99. The molecule has 0 heterocycles. The molecule has 0 bridgehead atoms. The van der Waals surface area contributed by atoms with E-state index in [9.17, 15) is 14.9 Å². The zero-order valence-electron chi connectivity index (χ0n) is 10.6. The van der Waals surface area contributed by atoms with Crippen LogP contribution in [0.4, 0.5) is 5.69 Å². The Bertz CT molecular complexity index is 703. The predicted molar refractivity (Wildman–Crippen MR) is 79.4 cm³/mol. The van der Waals surface area contributed by atoms with Gasteiger partial charge >= 0.3 is 0 Å². The number of hydrogen-bond donors (Lipinski definition) is 0. The Morgan fingerprint density at radius 3 is 2.48 bits per heavy atom. The summed E-state index contributed by atoms with van der Waals surface area (Å²) < 4.78 is 5.28. The van der Waals surface area contributed by atoms with Crippen LogP contribution in [0, 0.1) is 10.1 Å². The van der Waals surface area contributed by atoms with Gasteiger partial charge in [-0.1, -0.05) is 35.3 Å². The summed E-state index contributed by atoms with van der Waals surface area (Å²) in [5, 5.41) is 11.0. The van der Waals surface area contributed by atoms with Crippen molar-refractivity contribution in [2.75, 3.05) is 6.61 Å². The fourth-order valence-electron chi connectivity index (χ4n) is 1.63. The number of carbonyl (C=O) groups is 1. The summed E-state index contributed by atoms with van der Waals surface area (Å²) in [6.45, 7) is -0.263. The van der Waals surface area contributed by atoms with Gasteiger partial charge in [-0.05, 0) is 18.2 Å². The number of benzene rings is 2. The monoisotopic (exact) mass is 325 g/mol. The molecule has 0 spiro atoms. The maximum atomic E-state index is 12.0. The SMILES string of the molecule is O=C(COc1ccc([N+](=O)[O-])cc1Cl)c1ccccc1Cl. The summed E-state index contributed by atoms with van der Waals surface area (Å²) in [6, 6.07) is 10.4. The molecule has 21 heavy (non-hydrogen) atoms. The molecular formula is C14H9Cl2NO4. The van der Waals surface area contributed by atoms with E-state index in [1.165, 1.54) is 12.1 Å². The third kappa shape index (κ3) is 3.71. The van der Waals surface area contributed by atoms with Crippen molar-refractivity contribution in [3.63, 3.8) is 0 Å². The third-order valence-electron chi connectivity index (χ3n) is 2.66. The molecule has 5 nitrogen and oxygen atoms in total. The average molecular weight is 326 g/mol. The number of Topliss-reactive ketones (excluding diaryl/α,β-unsaturated/α-hetero) is 1. The van der Waals surface area contributed by atoms with Crippen LogP contribution in [0.25, 0.3) is 0 Å². The molecule has 0 aliphatic rings. The molecule has 2 aromatic rings. The summed E-state index contributed by atoms with van der Waals surface area (Å²) in [5.74, 6) is -0.113. The standard InChI is InChI=1S/C14H9Cl2NO4/c15-11-4-2-1-3-10(11)13(18)8-21-14-6-5-9(17(19)20)7-12(14)16/h1-7H,8H2. The number of ketones is 1. The van der Waals surface area contributed by atoms with Gasteiger partial charge in [0.1, 0.15) is 5.75 Å². The number of ether oxygens (including phenoxy) is 1. The second kappa shape index (κ2) is 6.56. The summed E-state index contributed by atoms with van der Waals surface area (Å²) in [4.78, 5) is 22.0. The zero-order valence-corrected chi connectivity index (χ0v) is 12.1. The normalized spacial score (nSPS) is 10.2. The van der Waals surface area contributed by atoms with Crippen molar-refractivity contribution in [3.8, 4) is 5.75 Å². The molecule has 0 amide bonds. The number of nitrogens with zero attached hydrogens (tertiary/aromatic N) is 1. The van der Waals surface area contributed by atoms with Crippen molar-refractivity contribution < 1.29 is 14.5 Å². The number of hydrogen-bond acceptors (Lipinski definition) is 4. The van der Waals surface area contributed by atoms with E-state index in [-0.39, 0.29) is 28.8 Å². The maximum absolute atomic E-state index is 12.0. The van der Waals surface area contributed by atoms with E-state index in [4.69, 9.17) is 27.9 Å². The molecule has 0 atom stereocenters. The Kier molecular flexibility index (Phi) is 4.77. The zero-order chi connectivity index (χ0) is 15.4. The highest BCUT2D eigenvalue weighted by Gasteiger charge is 2.14. The summed E-state index contributed by atoms with van der Waals surface area (Å²) >= 11 is 11.8. The predicted octanol–water partition coefficient (Wildman–Crippen LogP) is 4.16. The van der Waals surface area contributed by atoms with Crippen molar-refractivity contribution in [3.05, 3.63) is 68.2 Å². The van der Waals surface area contributed by atoms with Crippen LogP contribution >= 0.6 is 23.2 Å². The first-order valence-corrected chi connectivity index (χ1v) is 6.59. The van der Waals surface area contributed by atoms with Crippen molar-refractivity contribution in [2.45, 2.75) is 0 Å². The Labute approximate surface area is 130 Å². The van der Waals surface area contributed by atoms with Crippen molar-refractivity contribution in [1.82, 2.24) is 0 Å². The van der Waals surface area contributed by atoms with Gasteiger partial charge in [0.25, 0.3) is 5.69 Å². The molecule has 0 saturated carbocycles. The van der Waals surface area contributed by atoms with E-state index in [0.717, 1.165) is 6.07 Å². The topological polar surface area (TPSA) is 69.4 Å². The summed E-state index contributed by atoms with van der Waals surface area (Å²) in [7, 11) is 0. The van der Waals surface area contributed by atoms with Crippen LogP contribution in [0.1, 0.15) is 10.4 Å². The van der Waals surface area contributed by atoms with Crippen LogP contribution in [0.3, 0.4) is 0 Å². The van der Waals surface area contributed by atoms with Crippen LogP contribution in [0.15, 0.2) is 42.5 Å². The van der Waals surface area contributed by atoms with E-state index < -0.39 is 4.92 Å². The highest BCUT2D eigenvalue weighted by Crippen LogP contribution is 2.28. The van der Waals surface area contributed by atoms with E-state index in [0.29, 0.717) is 10.6 Å². The second-order valence-electron chi connectivity index (χ2n) is 4.06. The average Bonchev–Trinajstić information content (AvgIpc) is 2.46. The molecule has 2 aromatic carbocycles. The van der Waals surface area contributed by atoms with Crippen LogP contribution in [0.5, 0.6) is 5.75 Å². The molecule has 108 valence electrons. The maximum Gasteiger partial charge on any atom is 0.271 e. The van der Waals surface area contributed by atoms with Crippen LogP contribution in [0.2, 0.25) is 10.0 Å². The first-order valence-electron chi connectivity index (χ1n) is 5.83. The Hall–Kier alpha value is -2.11. The lowest BCUT2D eigenvalue weighted by Crippen LogP contribution is -2.12. The van der Waals surface area contributed by atoms with Gasteiger partial charge in [0.15, 0.2) is 6.61 Å². The van der Waals surface area contributed by atoms with Gasteiger partial charge in [0.2, 0.25) is 5.78 Å². The molecule has 0 aliphatic heterocycles. The van der Waals surface area contributed by atoms with Crippen molar-refractivity contribution in [2.24, 2.45) is 0 Å². The Balaban J connectivity index is 2.08. The van der Waals surface area contributed by atoms with Gasteiger partial charge in [0.05, 0.1) is 15.0 Å². The van der Waals surface area contributed by atoms with Crippen molar-refractivity contribution >= 4 is 34.7 Å². The van der Waals surface area contributed by atoms with Gasteiger partial charge in [0, 0.05) is 17.7 Å². The van der Waals surface area contributed by atoms with E-state index in [1.807, 2.05) is 0 Å². The van der Waals surface area contributed by atoms with Crippen molar-refractivity contribution in [1.29, 1.82) is 0 Å². The second-order valence-corrected chi connectivity index (χ2v) is 4.88. The van der Waals surface area contributed by atoms with Gasteiger partial charge in [-0.3, -0.25) is 14.9 Å². The molecule has 0 unspecified atom stereocenters. The lowest BCUT2D eigenvalue weighted by Gasteiger charge is -2.08. The number of nitro groups is 1. The van der Waals surface area contributed by atoms with Crippen LogP contribution in [-0.4, -0.2) is 17.3 Å². The molecule has 0 N–H and O–H groups in total. The minimum Gasteiger partial charge on any atom is -0.484 e. The van der Waals surface area contributed by atoms with Gasteiger partial charge < -0.3 is 4.74 Å². The molecule has 2 rings (SSSR count). The van der Waals surface area contributed by atoms with Gasteiger partial charge in [-0.2, -0.15) is 0 Å². The van der Waals surface area contributed by atoms with Gasteiger partial charge in [-0.15, -0.1) is 0 Å².